The Hall–Kier alpha value is -2.34. The Balaban J connectivity index is 1.93. The highest BCUT2D eigenvalue weighted by Crippen LogP contribution is 2.42. The molecule has 3 rings (SSSR count). The van der Waals surface area contributed by atoms with Crippen molar-refractivity contribution in [2.24, 2.45) is 0 Å². The average molecular weight is 401 g/mol. The van der Waals surface area contributed by atoms with Gasteiger partial charge in [-0.2, -0.15) is 0 Å². The number of nitrogens with one attached hydrogen (secondary N) is 1. The normalized spacial score (nSPS) is 20.1. The van der Waals surface area contributed by atoms with Gasteiger partial charge in [-0.05, 0) is 50.1 Å². The zero-order chi connectivity index (χ0) is 20.3. The summed E-state index contributed by atoms with van der Waals surface area (Å²) < 4.78 is 13.4. The number of benzene rings is 2. The Bertz CT molecular complexity index is 839. The fourth-order valence-corrected chi connectivity index (χ4v) is 4.56. The molecule has 1 aliphatic rings. The second-order valence-electron chi connectivity index (χ2n) is 7.15. The summed E-state index contributed by atoms with van der Waals surface area (Å²) in [7, 11) is 0. The molecule has 2 aromatic carbocycles. The van der Waals surface area contributed by atoms with Gasteiger partial charge in [-0.25, -0.2) is 4.39 Å². The van der Waals surface area contributed by atoms with Gasteiger partial charge in [0.05, 0.1) is 0 Å². The molecule has 1 fully saturated rings. The zero-order valence-corrected chi connectivity index (χ0v) is 17.1. The molecule has 0 spiro atoms. The van der Waals surface area contributed by atoms with Gasteiger partial charge >= 0.3 is 0 Å². The Morgan fingerprint density at radius 1 is 1.18 bits per heavy atom. The first-order chi connectivity index (χ1) is 13.4. The van der Waals surface area contributed by atoms with E-state index in [4.69, 9.17) is 0 Å². The zero-order valence-electron chi connectivity index (χ0n) is 16.3. The maximum atomic E-state index is 13.4. The van der Waals surface area contributed by atoms with Crippen LogP contribution in [-0.2, 0) is 4.79 Å². The van der Waals surface area contributed by atoms with Gasteiger partial charge in [-0.1, -0.05) is 36.8 Å². The number of carbonyl (C=O) groups is 2. The first-order valence-corrected chi connectivity index (χ1v) is 10.5. The lowest BCUT2D eigenvalue weighted by atomic mass is 10.1. The summed E-state index contributed by atoms with van der Waals surface area (Å²) >= 11 is 1.53. The lowest BCUT2D eigenvalue weighted by Crippen LogP contribution is -2.49. The van der Waals surface area contributed by atoms with E-state index >= 15 is 0 Å². The molecule has 4 nitrogen and oxygen atoms in total. The SMILES string of the molecule is CCC(C)NC(=O)C1CSC(c2ccc(F)cc2)N1C(=O)c1ccc(C)cc1. The van der Waals surface area contributed by atoms with Crippen molar-refractivity contribution >= 4 is 23.6 Å². The predicted octanol–water partition coefficient (Wildman–Crippen LogP) is 4.31. The van der Waals surface area contributed by atoms with Crippen molar-refractivity contribution in [1.82, 2.24) is 10.2 Å². The first-order valence-electron chi connectivity index (χ1n) is 9.47. The van der Waals surface area contributed by atoms with Gasteiger partial charge in [-0.3, -0.25) is 9.59 Å². The number of nitrogens with zero attached hydrogens (tertiary/aromatic N) is 1. The fraction of sp³-hybridized carbons (Fsp3) is 0.364. The third-order valence-electron chi connectivity index (χ3n) is 4.99. The molecule has 3 unspecified atom stereocenters. The highest BCUT2D eigenvalue weighted by atomic mass is 32.2. The third-order valence-corrected chi connectivity index (χ3v) is 6.32. The third kappa shape index (κ3) is 4.38. The average Bonchev–Trinajstić information content (AvgIpc) is 3.13. The van der Waals surface area contributed by atoms with Crippen molar-refractivity contribution in [3.63, 3.8) is 0 Å². The summed E-state index contributed by atoms with van der Waals surface area (Å²) in [4.78, 5) is 27.8. The van der Waals surface area contributed by atoms with E-state index in [1.165, 1.54) is 23.9 Å². The second kappa shape index (κ2) is 8.78. The molecule has 1 heterocycles. The van der Waals surface area contributed by atoms with Crippen LogP contribution in [0, 0.1) is 12.7 Å². The number of halogens is 1. The van der Waals surface area contributed by atoms with E-state index in [-0.39, 0.29) is 29.0 Å². The van der Waals surface area contributed by atoms with Gasteiger partial charge in [0.2, 0.25) is 5.91 Å². The van der Waals surface area contributed by atoms with Crippen LogP contribution in [0.15, 0.2) is 48.5 Å². The number of aryl methyl sites for hydroxylation is 1. The molecule has 148 valence electrons. The van der Waals surface area contributed by atoms with E-state index in [2.05, 4.69) is 5.32 Å². The molecule has 6 heteroatoms. The number of rotatable bonds is 5. The lowest BCUT2D eigenvalue weighted by molar-refractivity contribution is -0.125. The van der Waals surface area contributed by atoms with Crippen LogP contribution in [0.4, 0.5) is 4.39 Å². The maximum Gasteiger partial charge on any atom is 0.255 e. The number of hydrogen-bond acceptors (Lipinski definition) is 3. The molecule has 3 atom stereocenters. The molecule has 0 radical (unpaired) electrons. The van der Waals surface area contributed by atoms with Crippen LogP contribution in [0.1, 0.15) is 47.1 Å². The molecule has 1 aliphatic heterocycles. The molecular weight excluding hydrogens is 375 g/mol. The van der Waals surface area contributed by atoms with Crippen LogP contribution in [0.5, 0.6) is 0 Å². The standard InChI is InChI=1S/C22H25FN2O2S/c1-4-15(3)24-20(26)19-13-28-22(17-9-11-18(23)12-10-17)25(19)21(27)16-7-5-14(2)6-8-16/h5-12,15,19,22H,4,13H2,1-3H3,(H,24,26). The van der Waals surface area contributed by atoms with Crippen molar-refractivity contribution in [3.8, 4) is 0 Å². The van der Waals surface area contributed by atoms with E-state index in [1.807, 2.05) is 32.9 Å². The summed E-state index contributed by atoms with van der Waals surface area (Å²) in [5.41, 5.74) is 2.42. The summed E-state index contributed by atoms with van der Waals surface area (Å²) in [5, 5.41) is 2.66. The van der Waals surface area contributed by atoms with Gasteiger partial charge in [0.1, 0.15) is 17.2 Å². The van der Waals surface area contributed by atoms with Crippen LogP contribution >= 0.6 is 11.8 Å². The molecule has 2 amide bonds. The number of carbonyl (C=O) groups excluding carboxylic acids is 2. The van der Waals surface area contributed by atoms with Gasteiger partial charge in [0.25, 0.3) is 5.91 Å². The van der Waals surface area contributed by atoms with Crippen molar-refractivity contribution < 1.29 is 14.0 Å². The van der Waals surface area contributed by atoms with E-state index in [9.17, 15) is 14.0 Å². The molecule has 1 saturated heterocycles. The van der Waals surface area contributed by atoms with E-state index in [0.29, 0.717) is 11.3 Å². The van der Waals surface area contributed by atoms with Crippen LogP contribution in [0.3, 0.4) is 0 Å². The lowest BCUT2D eigenvalue weighted by Gasteiger charge is -2.30. The monoisotopic (exact) mass is 400 g/mol. The van der Waals surface area contributed by atoms with E-state index in [1.54, 1.807) is 29.2 Å². The molecule has 28 heavy (non-hydrogen) atoms. The molecule has 0 saturated carbocycles. The number of amides is 2. The molecule has 0 aliphatic carbocycles. The van der Waals surface area contributed by atoms with Gasteiger partial charge in [-0.15, -0.1) is 11.8 Å². The number of thioether (sulfide) groups is 1. The van der Waals surface area contributed by atoms with Gasteiger partial charge < -0.3 is 10.2 Å². The predicted molar refractivity (Wildman–Crippen MR) is 111 cm³/mol. The minimum absolute atomic E-state index is 0.0405. The smallest absolute Gasteiger partial charge is 0.255 e. The topological polar surface area (TPSA) is 49.4 Å². The summed E-state index contributed by atoms with van der Waals surface area (Å²) in [6.07, 6.45) is 0.818. The summed E-state index contributed by atoms with van der Waals surface area (Å²) in [6.45, 7) is 5.91. The molecule has 0 bridgehead atoms. The quantitative estimate of drug-likeness (QED) is 0.814. The number of hydrogen-bond donors (Lipinski definition) is 1. The Morgan fingerprint density at radius 3 is 2.43 bits per heavy atom. The molecule has 2 aromatic rings. The van der Waals surface area contributed by atoms with Crippen LogP contribution in [0.25, 0.3) is 0 Å². The fourth-order valence-electron chi connectivity index (χ4n) is 3.13. The Morgan fingerprint density at radius 2 is 1.82 bits per heavy atom. The maximum absolute atomic E-state index is 13.4. The van der Waals surface area contributed by atoms with Crippen molar-refractivity contribution in [2.75, 3.05) is 5.75 Å². The highest BCUT2D eigenvalue weighted by Gasteiger charge is 2.42. The van der Waals surface area contributed by atoms with Crippen LogP contribution in [0.2, 0.25) is 0 Å². The van der Waals surface area contributed by atoms with Crippen molar-refractivity contribution in [2.45, 2.75) is 44.6 Å². The molecule has 1 N–H and O–H groups in total. The van der Waals surface area contributed by atoms with Crippen LogP contribution in [-0.4, -0.2) is 34.6 Å². The summed E-state index contributed by atoms with van der Waals surface area (Å²) in [6, 6.07) is 12.9. The Labute approximate surface area is 169 Å². The van der Waals surface area contributed by atoms with E-state index < -0.39 is 6.04 Å². The minimum atomic E-state index is -0.567. The van der Waals surface area contributed by atoms with Gasteiger partial charge in [0, 0.05) is 17.4 Å². The largest absolute Gasteiger partial charge is 0.352 e. The summed E-state index contributed by atoms with van der Waals surface area (Å²) in [5.74, 6) is -0.160. The first kappa shape index (κ1) is 20.4. The highest BCUT2D eigenvalue weighted by molar-refractivity contribution is 7.99. The van der Waals surface area contributed by atoms with E-state index in [0.717, 1.165) is 17.5 Å². The minimum Gasteiger partial charge on any atom is -0.352 e. The second-order valence-corrected chi connectivity index (χ2v) is 8.26. The Kier molecular flexibility index (Phi) is 6.39. The van der Waals surface area contributed by atoms with Crippen molar-refractivity contribution in [1.29, 1.82) is 0 Å². The molecule has 0 aromatic heterocycles. The van der Waals surface area contributed by atoms with Gasteiger partial charge in [0.15, 0.2) is 0 Å². The van der Waals surface area contributed by atoms with Crippen molar-refractivity contribution in [3.05, 3.63) is 71.0 Å². The molecular formula is C22H25FN2O2S. The van der Waals surface area contributed by atoms with Crippen LogP contribution < -0.4 is 5.32 Å².